The third-order valence-corrected chi connectivity index (χ3v) is 6.90. The average Bonchev–Trinajstić information content (AvgIpc) is 2.86. The van der Waals surface area contributed by atoms with Crippen molar-refractivity contribution in [2.24, 2.45) is 0 Å². The summed E-state index contributed by atoms with van der Waals surface area (Å²) in [6.45, 7) is 0. The Labute approximate surface area is 218 Å². The molecule has 1 aromatic heterocycles. The van der Waals surface area contributed by atoms with E-state index < -0.39 is 21.6 Å². The van der Waals surface area contributed by atoms with Crippen molar-refractivity contribution in [3.8, 4) is 5.75 Å². The van der Waals surface area contributed by atoms with Crippen LogP contribution in [0.4, 0.5) is 21.7 Å². The highest BCUT2D eigenvalue weighted by atomic mass is 35.5. The van der Waals surface area contributed by atoms with Gasteiger partial charge >= 0.3 is 0 Å². The smallest absolute Gasteiger partial charge is 0.259 e. The molecule has 0 saturated carbocycles. The Morgan fingerprint density at radius 3 is 2.46 bits per heavy atom. The number of nitrogens with zero attached hydrogens (tertiary/aromatic N) is 2. The molecule has 0 bridgehead atoms. The predicted octanol–water partition coefficient (Wildman–Crippen LogP) is 5.27. The first-order chi connectivity index (χ1) is 17.7. The quantitative estimate of drug-likeness (QED) is 0.313. The molecule has 1 amide bonds. The highest BCUT2D eigenvalue weighted by Crippen LogP contribution is 2.27. The van der Waals surface area contributed by atoms with E-state index in [0.717, 1.165) is 6.26 Å². The van der Waals surface area contributed by atoms with Crippen LogP contribution < -0.4 is 15.4 Å². The molecule has 3 aromatic carbocycles. The van der Waals surface area contributed by atoms with Crippen LogP contribution in [0.15, 0.2) is 77.8 Å². The minimum absolute atomic E-state index is 0.00316. The number of hydrogen-bond acceptors (Lipinski definition) is 7. The lowest BCUT2D eigenvalue weighted by Crippen LogP contribution is -2.18. The summed E-state index contributed by atoms with van der Waals surface area (Å²) in [6.07, 6.45) is 2.40. The minimum atomic E-state index is -3.55. The van der Waals surface area contributed by atoms with E-state index in [0.29, 0.717) is 17.0 Å². The number of nitrogens with one attached hydrogen (secondary N) is 2. The van der Waals surface area contributed by atoms with Crippen LogP contribution in [0.5, 0.6) is 5.75 Å². The van der Waals surface area contributed by atoms with Crippen molar-refractivity contribution < 1.29 is 22.3 Å². The number of benzene rings is 3. The number of methoxy groups -OCH3 is 1. The van der Waals surface area contributed by atoms with Crippen LogP contribution in [0.1, 0.15) is 21.6 Å². The maximum Gasteiger partial charge on any atom is 0.259 e. The maximum absolute atomic E-state index is 14.3. The van der Waals surface area contributed by atoms with E-state index in [4.69, 9.17) is 16.3 Å². The number of carbonyl (C=O) groups is 1. The summed E-state index contributed by atoms with van der Waals surface area (Å²) >= 11 is 6.07. The molecule has 0 aliphatic carbocycles. The molecule has 0 spiro atoms. The predicted molar refractivity (Wildman–Crippen MR) is 140 cm³/mol. The number of aromatic nitrogens is 2. The van der Waals surface area contributed by atoms with E-state index in [1.165, 1.54) is 30.5 Å². The summed E-state index contributed by atoms with van der Waals surface area (Å²) in [7, 11) is -1.99. The van der Waals surface area contributed by atoms with Gasteiger partial charge in [-0.1, -0.05) is 35.9 Å². The van der Waals surface area contributed by atoms with Crippen LogP contribution in [0.3, 0.4) is 0 Å². The van der Waals surface area contributed by atoms with Crippen LogP contribution in [0.25, 0.3) is 0 Å². The Morgan fingerprint density at radius 2 is 1.78 bits per heavy atom. The summed E-state index contributed by atoms with van der Waals surface area (Å²) in [5, 5.41) is 5.54. The van der Waals surface area contributed by atoms with Gasteiger partial charge in [0, 0.05) is 24.6 Å². The number of amides is 1. The van der Waals surface area contributed by atoms with Crippen LogP contribution in [0.2, 0.25) is 5.02 Å². The summed E-state index contributed by atoms with van der Waals surface area (Å²) in [4.78, 5) is 22.0. The second kappa shape index (κ2) is 10.9. The molecule has 8 nitrogen and oxygen atoms in total. The second-order valence-electron chi connectivity index (χ2n) is 8.01. The molecule has 0 atom stereocenters. The monoisotopic (exact) mass is 540 g/mol. The molecule has 4 aromatic rings. The molecule has 0 aliphatic rings. The van der Waals surface area contributed by atoms with Gasteiger partial charge in [0.1, 0.15) is 11.6 Å². The number of ether oxygens (including phenoxy) is 1. The standard InChI is InChI=1S/C26H22ClFN4O4S/c1-36-18-12-10-17(11-13-18)30-26-29-15-19(25(33)32-24-20(27)7-5-8-21(24)28)22(31-26)14-16-6-3-4-9-23(16)37(2,34)35/h3-13,15H,14H2,1-2H3,(H,32,33)(H,29,30,31). The number of rotatable bonds is 8. The van der Waals surface area contributed by atoms with E-state index >= 15 is 0 Å². The van der Waals surface area contributed by atoms with Gasteiger partial charge in [-0.3, -0.25) is 4.79 Å². The third kappa shape index (κ3) is 6.22. The summed E-state index contributed by atoms with van der Waals surface area (Å²) in [5.74, 6) is -0.556. The van der Waals surface area contributed by atoms with Crippen molar-refractivity contribution >= 4 is 44.7 Å². The number of anilines is 3. The summed E-state index contributed by atoms with van der Waals surface area (Å²) < 4.78 is 44.2. The number of para-hydroxylation sites is 1. The largest absolute Gasteiger partial charge is 0.497 e. The maximum atomic E-state index is 14.3. The Bertz CT molecular complexity index is 1540. The lowest BCUT2D eigenvalue weighted by atomic mass is 10.1. The van der Waals surface area contributed by atoms with Gasteiger partial charge in [0.25, 0.3) is 5.91 Å². The fraction of sp³-hybridized carbons (Fsp3) is 0.115. The molecule has 0 saturated heterocycles. The number of carbonyl (C=O) groups excluding carboxylic acids is 1. The van der Waals surface area contributed by atoms with Gasteiger partial charge in [-0.15, -0.1) is 0 Å². The fourth-order valence-electron chi connectivity index (χ4n) is 3.60. The van der Waals surface area contributed by atoms with Crippen LogP contribution >= 0.6 is 11.6 Å². The molecule has 0 aliphatic heterocycles. The Balaban J connectivity index is 1.74. The van der Waals surface area contributed by atoms with Crippen molar-refractivity contribution in [1.29, 1.82) is 0 Å². The molecule has 4 rings (SSSR count). The van der Waals surface area contributed by atoms with Crippen LogP contribution in [-0.4, -0.2) is 37.7 Å². The van der Waals surface area contributed by atoms with E-state index in [9.17, 15) is 17.6 Å². The molecule has 0 unspecified atom stereocenters. The molecule has 0 fully saturated rings. The van der Waals surface area contributed by atoms with Gasteiger partial charge in [0.2, 0.25) is 5.95 Å². The first-order valence-electron chi connectivity index (χ1n) is 11.0. The van der Waals surface area contributed by atoms with Gasteiger partial charge in [0.15, 0.2) is 9.84 Å². The van der Waals surface area contributed by atoms with Crippen molar-refractivity contribution in [1.82, 2.24) is 9.97 Å². The first kappa shape index (κ1) is 26.1. The molecule has 11 heteroatoms. The van der Waals surface area contributed by atoms with Crippen molar-refractivity contribution in [2.75, 3.05) is 24.0 Å². The van der Waals surface area contributed by atoms with Gasteiger partial charge in [0.05, 0.1) is 34.0 Å². The zero-order valence-electron chi connectivity index (χ0n) is 19.8. The van der Waals surface area contributed by atoms with E-state index in [-0.39, 0.29) is 39.2 Å². The molecule has 2 N–H and O–H groups in total. The SMILES string of the molecule is COc1ccc(Nc2ncc(C(=O)Nc3c(F)cccc3Cl)c(Cc3ccccc3S(C)(=O)=O)n2)cc1. The lowest BCUT2D eigenvalue weighted by molar-refractivity contribution is 0.102. The fourth-order valence-corrected chi connectivity index (χ4v) is 4.75. The van der Waals surface area contributed by atoms with Gasteiger partial charge in [-0.25, -0.2) is 22.8 Å². The molecule has 190 valence electrons. The van der Waals surface area contributed by atoms with E-state index in [2.05, 4.69) is 20.6 Å². The molecule has 37 heavy (non-hydrogen) atoms. The summed E-state index contributed by atoms with van der Waals surface area (Å²) in [5.41, 5.74) is 1.18. The zero-order valence-corrected chi connectivity index (χ0v) is 21.4. The Kier molecular flexibility index (Phi) is 7.70. The van der Waals surface area contributed by atoms with Crippen molar-refractivity contribution in [2.45, 2.75) is 11.3 Å². The molecular weight excluding hydrogens is 519 g/mol. The number of hydrogen-bond donors (Lipinski definition) is 2. The lowest BCUT2D eigenvalue weighted by Gasteiger charge is -2.14. The normalized spacial score (nSPS) is 11.1. The second-order valence-corrected chi connectivity index (χ2v) is 10.4. The molecule has 1 heterocycles. The Morgan fingerprint density at radius 1 is 1.05 bits per heavy atom. The Hall–Kier alpha value is -4.02. The van der Waals surface area contributed by atoms with E-state index in [1.54, 1.807) is 49.6 Å². The van der Waals surface area contributed by atoms with E-state index in [1.807, 2.05) is 0 Å². The minimum Gasteiger partial charge on any atom is -0.497 e. The van der Waals surface area contributed by atoms with Gasteiger partial charge < -0.3 is 15.4 Å². The highest BCUT2D eigenvalue weighted by molar-refractivity contribution is 7.90. The van der Waals surface area contributed by atoms with Crippen molar-refractivity contribution in [3.63, 3.8) is 0 Å². The molecule has 0 radical (unpaired) electrons. The summed E-state index contributed by atoms with van der Waals surface area (Å²) in [6, 6.07) is 17.5. The van der Waals surface area contributed by atoms with Gasteiger partial charge in [-0.05, 0) is 48.0 Å². The average molecular weight is 541 g/mol. The van der Waals surface area contributed by atoms with Crippen LogP contribution in [-0.2, 0) is 16.3 Å². The zero-order chi connectivity index (χ0) is 26.6. The van der Waals surface area contributed by atoms with Gasteiger partial charge in [-0.2, -0.15) is 0 Å². The first-order valence-corrected chi connectivity index (χ1v) is 13.2. The number of sulfone groups is 1. The molecular formula is C26H22ClFN4O4S. The third-order valence-electron chi connectivity index (χ3n) is 5.39. The van der Waals surface area contributed by atoms with Crippen molar-refractivity contribution in [3.05, 3.63) is 101 Å². The number of halogens is 2. The topological polar surface area (TPSA) is 110 Å². The highest BCUT2D eigenvalue weighted by Gasteiger charge is 2.21. The van der Waals surface area contributed by atoms with Crippen LogP contribution in [0, 0.1) is 5.82 Å².